The maximum atomic E-state index is 11.9. The third kappa shape index (κ3) is 1.20. The molecule has 2 fully saturated rings. The van der Waals surface area contributed by atoms with E-state index in [2.05, 4.69) is 16.0 Å². The van der Waals surface area contributed by atoms with Gasteiger partial charge in [0.2, 0.25) is 0 Å². The first-order chi connectivity index (χ1) is 8.00. The number of urea groups is 1. The van der Waals surface area contributed by atoms with Gasteiger partial charge in [0.25, 0.3) is 5.91 Å². The summed E-state index contributed by atoms with van der Waals surface area (Å²) in [6.45, 7) is 3.94. The van der Waals surface area contributed by atoms with Gasteiger partial charge in [0.05, 0.1) is 0 Å². The average molecular weight is 237 g/mol. The highest BCUT2D eigenvalue weighted by Gasteiger charge is 2.53. The van der Waals surface area contributed by atoms with Gasteiger partial charge in [-0.25, -0.2) is 4.79 Å². The molecule has 3 N–H and O–H groups in total. The minimum atomic E-state index is -0.368. The molecule has 2 saturated heterocycles. The first kappa shape index (κ1) is 10.4. The van der Waals surface area contributed by atoms with Gasteiger partial charge in [-0.15, -0.1) is 0 Å². The van der Waals surface area contributed by atoms with Gasteiger partial charge in [-0.05, 0) is 13.8 Å². The van der Waals surface area contributed by atoms with E-state index in [4.69, 9.17) is 0 Å². The fourth-order valence-corrected chi connectivity index (χ4v) is 2.65. The predicted molar refractivity (Wildman–Crippen MR) is 59.2 cm³/mol. The minimum Gasteiger partial charge on any atom is -0.355 e. The quantitative estimate of drug-likeness (QED) is 0.499. The zero-order chi connectivity index (χ0) is 12.3. The minimum absolute atomic E-state index is 0.107. The highest BCUT2D eigenvalue weighted by molar-refractivity contribution is 6.00. The summed E-state index contributed by atoms with van der Waals surface area (Å²) in [6.07, 6.45) is -0.388. The lowest BCUT2D eigenvalue weighted by Gasteiger charge is -2.35. The SMILES string of the molecule is CC1=C(C)N2C(N1)NC1C2C(=O)NC(=O)N1C. The summed E-state index contributed by atoms with van der Waals surface area (Å²) in [6, 6.07) is -0.726. The Morgan fingerprint density at radius 2 is 1.94 bits per heavy atom. The van der Waals surface area contributed by atoms with Gasteiger partial charge < -0.3 is 15.1 Å². The Labute approximate surface area is 98.8 Å². The second kappa shape index (κ2) is 3.13. The van der Waals surface area contributed by atoms with E-state index >= 15 is 0 Å². The van der Waals surface area contributed by atoms with Crippen molar-refractivity contribution in [3.8, 4) is 0 Å². The van der Waals surface area contributed by atoms with Gasteiger partial charge in [-0.1, -0.05) is 0 Å². The van der Waals surface area contributed by atoms with Crippen LogP contribution in [0.5, 0.6) is 0 Å². The summed E-state index contributed by atoms with van der Waals surface area (Å²) in [5.41, 5.74) is 2.08. The normalized spacial score (nSPS) is 35.8. The van der Waals surface area contributed by atoms with Crippen molar-refractivity contribution in [1.29, 1.82) is 0 Å². The number of carbonyl (C=O) groups excluding carboxylic acids is 2. The van der Waals surface area contributed by atoms with Gasteiger partial charge in [-0.2, -0.15) is 0 Å². The number of amides is 3. The molecule has 0 aliphatic carbocycles. The van der Waals surface area contributed by atoms with Gasteiger partial charge >= 0.3 is 6.03 Å². The van der Waals surface area contributed by atoms with Crippen LogP contribution >= 0.6 is 0 Å². The fourth-order valence-electron chi connectivity index (χ4n) is 2.65. The summed E-state index contributed by atoms with van der Waals surface area (Å²) >= 11 is 0. The molecule has 3 rings (SSSR count). The van der Waals surface area contributed by atoms with Crippen molar-refractivity contribution >= 4 is 11.9 Å². The van der Waals surface area contributed by atoms with Crippen LogP contribution in [0.25, 0.3) is 0 Å². The van der Waals surface area contributed by atoms with Gasteiger partial charge in [-0.3, -0.25) is 15.4 Å². The number of nitrogens with zero attached hydrogens (tertiary/aromatic N) is 2. The van der Waals surface area contributed by atoms with E-state index in [0.29, 0.717) is 0 Å². The maximum absolute atomic E-state index is 11.9. The lowest BCUT2D eigenvalue weighted by atomic mass is 10.1. The van der Waals surface area contributed by atoms with Crippen LogP contribution in [0.4, 0.5) is 4.79 Å². The number of hydrogen-bond acceptors (Lipinski definition) is 5. The molecule has 0 aromatic carbocycles. The van der Waals surface area contributed by atoms with Crippen LogP contribution in [0, 0.1) is 0 Å². The van der Waals surface area contributed by atoms with E-state index in [-0.39, 0.29) is 30.4 Å². The largest absolute Gasteiger partial charge is 0.355 e. The summed E-state index contributed by atoms with van der Waals surface area (Å²) < 4.78 is 0. The zero-order valence-corrected chi connectivity index (χ0v) is 9.94. The van der Waals surface area contributed by atoms with Crippen LogP contribution in [0.1, 0.15) is 13.8 Å². The number of nitrogens with one attached hydrogen (secondary N) is 3. The Kier molecular flexibility index (Phi) is 1.91. The van der Waals surface area contributed by atoms with E-state index in [1.807, 2.05) is 18.7 Å². The number of imide groups is 1. The highest BCUT2D eigenvalue weighted by Crippen LogP contribution is 2.30. The molecule has 3 atom stereocenters. The summed E-state index contributed by atoms with van der Waals surface area (Å²) in [5.74, 6) is -0.246. The summed E-state index contributed by atoms with van der Waals surface area (Å²) in [4.78, 5) is 27.0. The third-order valence-corrected chi connectivity index (χ3v) is 3.73. The Hall–Kier alpha value is -1.76. The number of rotatable bonds is 0. The van der Waals surface area contributed by atoms with Gasteiger partial charge in [0, 0.05) is 18.4 Å². The fraction of sp³-hybridized carbons (Fsp3) is 0.600. The van der Waals surface area contributed by atoms with Crippen molar-refractivity contribution in [3.05, 3.63) is 11.4 Å². The Morgan fingerprint density at radius 3 is 2.65 bits per heavy atom. The van der Waals surface area contributed by atoms with E-state index < -0.39 is 0 Å². The van der Waals surface area contributed by atoms with Crippen LogP contribution in [0.2, 0.25) is 0 Å². The predicted octanol–water partition coefficient (Wildman–Crippen LogP) is -1.09. The topological polar surface area (TPSA) is 76.7 Å². The lowest BCUT2D eigenvalue weighted by molar-refractivity contribution is -0.127. The van der Waals surface area contributed by atoms with E-state index in [9.17, 15) is 9.59 Å². The number of carbonyl (C=O) groups is 2. The number of allylic oxidation sites excluding steroid dienone is 2. The average Bonchev–Trinajstić information content (AvgIpc) is 2.75. The molecule has 3 unspecified atom stereocenters. The molecule has 0 aromatic rings. The summed E-state index contributed by atoms with van der Waals surface area (Å²) in [7, 11) is 1.68. The molecule has 3 aliphatic rings. The van der Waals surface area contributed by atoms with Crippen LogP contribution in [-0.2, 0) is 4.79 Å². The third-order valence-electron chi connectivity index (χ3n) is 3.73. The van der Waals surface area contributed by atoms with Crippen molar-refractivity contribution in [1.82, 2.24) is 25.8 Å². The van der Waals surface area contributed by atoms with Gasteiger partial charge in [0.1, 0.15) is 12.2 Å². The molecule has 7 heteroatoms. The van der Waals surface area contributed by atoms with Crippen LogP contribution in [0.15, 0.2) is 11.4 Å². The molecule has 0 bridgehead atoms. The molecule has 0 spiro atoms. The Balaban J connectivity index is 1.98. The van der Waals surface area contributed by atoms with Crippen molar-refractivity contribution in [2.75, 3.05) is 7.05 Å². The van der Waals surface area contributed by atoms with Crippen molar-refractivity contribution in [3.63, 3.8) is 0 Å². The molecule has 7 nitrogen and oxygen atoms in total. The van der Waals surface area contributed by atoms with Gasteiger partial charge in [0.15, 0.2) is 6.29 Å². The second-order valence-electron chi connectivity index (χ2n) is 4.63. The smallest absolute Gasteiger partial charge is 0.325 e. The number of likely N-dealkylation sites (N-methyl/N-ethyl adjacent to an activating group) is 1. The highest BCUT2D eigenvalue weighted by atomic mass is 16.2. The van der Waals surface area contributed by atoms with Crippen molar-refractivity contribution in [2.24, 2.45) is 0 Å². The molecule has 0 aromatic heterocycles. The Morgan fingerprint density at radius 1 is 1.24 bits per heavy atom. The molecule has 17 heavy (non-hydrogen) atoms. The first-order valence-electron chi connectivity index (χ1n) is 5.57. The maximum Gasteiger partial charge on any atom is 0.325 e. The van der Waals surface area contributed by atoms with Crippen LogP contribution < -0.4 is 16.0 Å². The number of fused-ring (bicyclic) bond motifs is 3. The van der Waals surface area contributed by atoms with Crippen molar-refractivity contribution in [2.45, 2.75) is 32.3 Å². The Bertz CT molecular complexity index is 446. The zero-order valence-electron chi connectivity index (χ0n) is 9.94. The monoisotopic (exact) mass is 237 g/mol. The van der Waals surface area contributed by atoms with Crippen molar-refractivity contribution < 1.29 is 9.59 Å². The second-order valence-corrected chi connectivity index (χ2v) is 4.63. The number of hydrogen-bond donors (Lipinski definition) is 3. The molecular weight excluding hydrogens is 222 g/mol. The summed E-state index contributed by atoms with van der Waals surface area (Å²) in [5, 5.41) is 8.86. The molecule has 3 aliphatic heterocycles. The standard InChI is InChI=1S/C10H15N5O2/c1-4-5(2)15-6-7(12-9(15)11-4)14(3)10(17)13-8(6)16/h6-7,9,11-12H,1-3H3,(H,13,16,17). The first-order valence-corrected chi connectivity index (χ1v) is 5.57. The van der Waals surface area contributed by atoms with Crippen LogP contribution in [0.3, 0.4) is 0 Å². The van der Waals surface area contributed by atoms with E-state index in [0.717, 1.165) is 11.4 Å². The molecule has 3 heterocycles. The molecule has 0 radical (unpaired) electrons. The van der Waals surface area contributed by atoms with E-state index in [1.165, 1.54) is 4.90 Å². The molecule has 0 saturated carbocycles. The lowest BCUT2D eigenvalue weighted by Crippen LogP contribution is -2.64. The van der Waals surface area contributed by atoms with E-state index in [1.54, 1.807) is 7.05 Å². The molecular formula is C10H15N5O2. The van der Waals surface area contributed by atoms with Crippen LogP contribution in [-0.4, -0.2) is 47.3 Å². The molecule has 92 valence electrons. The molecule has 3 amide bonds.